The maximum atomic E-state index is 5.95. The lowest BCUT2D eigenvalue weighted by atomic mass is 10.0. The van der Waals surface area contributed by atoms with Crippen molar-refractivity contribution >= 4 is 39.9 Å². The quantitative estimate of drug-likeness (QED) is 0.724. The second kappa shape index (κ2) is 3.42. The monoisotopic (exact) mass is 293 g/mol. The van der Waals surface area contributed by atoms with Gasteiger partial charge in [0.25, 0.3) is 0 Å². The molecule has 1 nitrogen and oxygen atoms in total. The van der Waals surface area contributed by atoms with Crippen molar-refractivity contribution in [2.75, 3.05) is 11.9 Å². The summed E-state index contributed by atoms with van der Waals surface area (Å²) in [5.41, 5.74) is 2.64. The van der Waals surface area contributed by atoms with Crippen LogP contribution in [0.2, 0.25) is 5.02 Å². The van der Waals surface area contributed by atoms with E-state index in [2.05, 4.69) is 34.0 Å². The van der Waals surface area contributed by atoms with Crippen LogP contribution in [0.15, 0.2) is 12.1 Å². The van der Waals surface area contributed by atoms with Gasteiger partial charge in [0, 0.05) is 15.1 Å². The van der Waals surface area contributed by atoms with Crippen molar-refractivity contribution in [3.8, 4) is 0 Å². The van der Waals surface area contributed by atoms with Crippen molar-refractivity contribution in [3.05, 3.63) is 26.3 Å². The fraction of sp³-hybridized carbons (Fsp3) is 0.333. The molecular formula is C9H9ClIN. The van der Waals surface area contributed by atoms with Crippen molar-refractivity contribution in [1.82, 2.24) is 0 Å². The molecule has 0 aromatic heterocycles. The Morgan fingerprint density at radius 1 is 1.42 bits per heavy atom. The van der Waals surface area contributed by atoms with Crippen LogP contribution >= 0.6 is 34.2 Å². The summed E-state index contributed by atoms with van der Waals surface area (Å²) in [6.45, 7) is 1.09. The average molecular weight is 294 g/mol. The smallest absolute Gasteiger partial charge is 0.0509 e. The Labute approximate surface area is 90.6 Å². The molecule has 3 heteroatoms. The largest absolute Gasteiger partial charge is 0.384 e. The topological polar surface area (TPSA) is 12.0 Å². The molecule has 0 spiro atoms. The Kier molecular flexibility index (Phi) is 2.46. The first kappa shape index (κ1) is 8.63. The molecule has 0 unspecified atom stereocenters. The highest BCUT2D eigenvalue weighted by atomic mass is 127. The summed E-state index contributed by atoms with van der Waals surface area (Å²) < 4.78 is 1.23. The fourth-order valence-corrected chi connectivity index (χ4v) is 2.81. The van der Waals surface area contributed by atoms with Crippen LogP contribution in [0.25, 0.3) is 0 Å². The van der Waals surface area contributed by atoms with Gasteiger partial charge < -0.3 is 5.32 Å². The third kappa shape index (κ3) is 1.55. The summed E-state index contributed by atoms with van der Waals surface area (Å²) in [4.78, 5) is 0. The summed E-state index contributed by atoms with van der Waals surface area (Å²) >= 11 is 8.27. The number of hydrogen-bond donors (Lipinski definition) is 1. The number of rotatable bonds is 0. The van der Waals surface area contributed by atoms with E-state index in [1.807, 2.05) is 6.07 Å². The van der Waals surface area contributed by atoms with Crippen LogP contribution in [-0.4, -0.2) is 6.54 Å². The molecular weight excluding hydrogens is 284 g/mol. The van der Waals surface area contributed by atoms with Crippen LogP contribution in [0.4, 0.5) is 5.69 Å². The Morgan fingerprint density at radius 3 is 3.08 bits per heavy atom. The molecule has 1 aliphatic heterocycles. The van der Waals surface area contributed by atoms with E-state index >= 15 is 0 Å². The van der Waals surface area contributed by atoms with E-state index in [0.717, 1.165) is 18.0 Å². The lowest BCUT2D eigenvalue weighted by Gasteiger charge is -2.19. The highest BCUT2D eigenvalue weighted by Crippen LogP contribution is 2.30. The molecule has 1 aliphatic rings. The van der Waals surface area contributed by atoms with Crippen molar-refractivity contribution < 1.29 is 0 Å². The first-order valence-electron chi connectivity index (χ1n) is 3.99. The summed E-state index contributed by atoms with van der Waals surface area (Å²) in [6, 6.07) is 4.06. The van der Waals surface area contributed by atoms with E-state index in [0.29, 0.717) is 0 Å². The van der Waals surface area contributed by atoms with E-state index in [9.17, 15) is 0 Å². The third-order valence-electron chi connectivity index (χ3n) is 2.06. The standard InChI is InChI=1S/C9H9ClIN/c10-7-4-6-2-1-3-12-9(6)8(11)5-7/h4-5,12H,1-3H2. The van der Waals surface area contributed by atoms with Gasteiger partial charge in [-0.2, -0.15) is 0 Å². The zero-order valence-electron chi connectivity index (χ0n) is 6.53. The SMILES string of the molecule is Clc1cc(I)c2c(c1)CCCN2. The van der Waals surface area contributed by atoms with Crippen molar-refractivity contribution in [2.45, 2.75) is 12.8 Å². The van der Waals surface area contributed by atoms with Crippen molar-refractivity contribution in [2.24, 2.45) is 0 Å². The summed E-state index contributed by atoms with van der Waals surface area (Å²) in [6.07, 6.45) is 2.36. The van der Waals surface area contributed by atoms with E-state index in [4.69, 9.17) is 11.6 Å². The molecule has 2 rings (SSSR count). The first-order valence-corrected chi connectivity index (χ1v) is 5.45. The Hall–Kier alpha value is 0.0400. The van der Waals surface area contributed by atoms with Gasteiger partial charge in [0.15, 0.2) is 0 Å². The predicted molar refractivity (Wildman–Crippen MR) is 61.0 cm³/mol. The molecule has 1 N–H and O–H groups in total. The number of fused-ring (bicyclic) bond motifs is 1. The summed E-state index contributed by atoms with van der Waals surface area (Å²) in [5, 5.41) is 4.24. The van der Waals surface area contributed by atoms with Crippen LogP contribution in [0.1, 0.15) is 12.0 Å². The van der Waals surface area contributed by atoms with Crippen LogP contribution in [0.3, 0.4) is 0 Å². The highest BCUT2D eigenvalue weighted by Gasteiger charge is 2.11. The van der Waals surface area contributed by atoms with Crippen LogP contribution < -0.4 is 5.32 Å². The number of benzene rings is 1. The van der Waals surface area contributed by atoms with Crippen molar-refractivity contribution in [3.63, 3.8) is 0 Å². The van der Waals surface area contributed by atoms with Crippen LogP contribution in [0, 0.1) is 3.57 Å². The van der Waals surface area contributed by atoms with Gasteiger partial charge in [0.2, 0.25) is 0 Å². The lowest BCUT2D eigenvalue weighted by molar-refractivity contribution is 0.828. The maximum Gasteiger partial charge on any atom is 0.0509 e. The summed E-state index contributed by atoms with van der Waals surface area (Å²) in [5.74, 6) is 0. The van der Waals surface area contributed by atoms with Gasteiger partial charge in [-0.05, 0) is 53.1 Å². The predicted octanol–water partition coefficient (Wildman–Crippen LogP) is 3.30. The number of halogens is 2. The number of nitrogens with one attached hydrogen (secondary N) is 1. The molecule has 1 aromatic carbocycles. The molecule has 0 bridgehead atoms. The van der Waals surface area contributed by atoms with E-state index in [-0.39, 0.29) is 0 Å². The second-order valence-electron chi connectivity index (χ2n) is 2.95. The number of aryl methyl sites for hydroxylation is 1. The average Bonchev–Trinajstić information content (AvgIpc) is 2.04. The van der Waals surface area contributed by atoms with E-state index in [1.165, 1.54) is 21.2 Å². The minimum absolute atomic E-state index is 0.849. The van der Waals surface area contributed by atoms with E-state index < -0.39 is 0 Å². The molecule has 0 radical (unpaired) electrons. The highest BCUT2D eigenvalue weighted by molar-refractivity contribution is 14.1. The van der Waals surface area contributed by atoms with Gasteiger partial charge in [0.1, 0.15) is 0 Å². The summed E-state index contributed by atoms with van der Waals surface area (Å²) in [7, 11) is 0. The molecule has 0 saturated heterocycles. The van der Waals surface area contributed by atoms with Crippen LogP contribution in [0.5, 0.6) is 0 Å². The molecule has 0 amide bonds. The minimum Gasteiger partial charge on any atom is -0.384 e. The molecule has 1 heterocycles. The molecule has 64 valence electrons. The van der Waals surface area contributed by atoms with Gasteiger partial charge in [-0.15, -0.1) is 0 Å². The number of hydrogen-bond acceptors (Lipinski definition) is 1. The maximum absolute atomic E-state index is 5.95. The van der Waals surface area contributed by atoms with Crippen LogP contribution in [-0.2, 0) is 6.42 Å². The lowest BCUT2D eigenvalue weighted by Crippen LogP contribution is -2.12. The minimum atomic E-state index is 0.849. The molecule has 12 heavy (non-hydrogen) atoms. The first-order chi connectivity index (χ1) is 5.77. The van der Waals surface area contributed by atoms with Crippen molar-refractivity contribution in [1.29, 1.82) is 0 Å². The van der Waals surface area contributed by atoms with E-state index in [1.54, 1.807) is 0 Å². The third-order valence-corrected chi connectivity index (χ3v) is 3.13. The Balaban J connectivity index is 2.53. The molecule has 0 atom stereocenters. The fourth-order valence-electron chi connectivity index (χ4n) is 1.51. The molecule has 0 saturated carbocycles. The van der Waals surface area contributed by atoms with Gasteiger partial charge >= 0.3 is 0 Å². The zero-order valence-corrected chi connectivity index (χ0v) is 9.45. The Morgan fingerprint density at radius 2 is 2.25 bits per heavy atom. The Bertz CT molecular complexity index is 312. The second-order valence-corrected chi connectivity index (χ2v) is 4.55. The number of anilines is 1. The van der Waals surface area contributed by atoms with Gasteiger partial charge in [-0.25, -0.2) is 0 Å². The normalized spacial score (nSPS) is 15.2. The van der Waals surface area contributed by atoms with Gasteiger partial charge in [0.05, 0.1) is 5.69 Å². The zero-order chi connectivity index (χ0) is 8.55. The molecule has 0 aliphatic carbocycles. The van der Waals surface area contributed by atoms with Gasteiger partial charge in [-0.3, -0.25) is 0 Å². The molecule has 0 fully saturated rings. The van der Waals surface area contributed by atoms with Gasteiger partial charge in [-0.1, -0.05) is 11.6 Å². The molecule has 1 aromatic rings.